The standard InChI is InChI=1S/C34H36FN5O2S/c1-7-23(4)33(38(6)34-37-32(30(18-36)43-34)26-13-15-28(35)16-14-26)40-19-27(12-10-24(40)5)25(8-2)11-9-22(3)17-31(42)39-20-29(41)21-39/h8-16,19,29,41H,3,5,7,17,20-21H2,1-2,4,6H3/b11-9-,25-8+,33-23+. The van der Waals surface area contributed by atoms with Crippen LogP contribution in [0.25, 0.3) is 11.3 Å². The molecule has 1 aromatic carbocycles. The predicted octanol–water partition coefficient (Wildman–Crippen LogP) is 6.82. The summed E-state index contributed by atoms with van der Waals surface area (Å²) in [6.07, 6.45) is 12.3. The molecule has 0 atom stereocenters. The number of likely N-dealkylation sites (tertiary alicyclic amines) is 1. The Labute approximate surface area is 256 Å². The van der Waals surface area contributed by atoms with Crippen molar-refractivity contribution < 1.29 is 14.3 Å². The summed E-state index contributed by atoms with van der Waals surface area (Å²) in [4.78, 5) is 23.2. The SMILES string of the molecule is C=C(/C=C\C(=C/C)C1=CN(/C(=C(\C)CC)N(C)c2nc(-c3ccc(F)cc3)c(C#N)s2)C(=C)C=C1)CC(=O)N1CC(O)C1. The molecule has 9 heteroatoms. The maximum absolute atomic E-state index is 13.5. The van der Waals surface area contributed by atoms with E-state index in [1.54, 1.807) is 17.0 Å². The Morgan fingerprint density at radius 3 is 2.58 bits per heavy atom. The number of benzene rings is 1. The van der Waals surface area contributed by atoms with Gasteiger partial charge in [0.2, 0.25) is 5.91 Å². The van der Waals surface area contributed by atoms with Crippen LogP contribution in [0.4, 0.5) is 9.52 Å². The van der Waals surface area contributed by atoms with Crippen LogP contribution in [-0.2, 0) is 4.79 Å². The number of rotatable bonds is 10. The number of hydrogen-bond acceptors (Lipinski definition) is 7. The Hall–Kier alpha value is -4.52. The Morgan fingerprint density at radius 2 is 1.98 bits per heavy atom. The van der Waals surface area contributed by atoms with Gasteiger partial charge in [0.25, 0.3) is 0 Å². The van der Waals surface area contributed by atoms with Gasteiger partial charge in [-0.15, -0.1) is 0 Å². The van der Waals surface area contributed by atoms with Crippen molar-refractivity contribution in [3.8, 4) is 17.3 Å². The Bertz CT molecular complexity index is 1610. The lowest BCUT2D eigenvalue weighted by Gasteiger charge is -2.36. The van der Waals surface area contributed by atoms with Crippen molar-refractivity contribution in [2.75, 3.05) is 25.0 Å². The summed E-state index contributed by atoms with van der Waals surface area (Å²) in [5.41, 5.74) is 5.61. The molecule has 1 saturated heterocycles. The number of aliphatic hydroxyl groups is 1. The van der Waals surface area contributed by atoms with Crippen molar-refractivity contribution in [1.82, 2.24) is 14.8 Å². The van der Waals surface area contributed by atoms with Crippen LogP contribution in [0.5, 0.6) is 0 Å². The first-order valence-corrected chi connectivity index (χ1v) is 14.8. The number of anilines is 1. The highest BCUT2D eigenvalue weighted by Gasteiger charge is 2.28. The number of nitriles is 1. The highest BCUT2D eigenvalue weighted by Crippen LogP contribution is 2.37. The monoisotopic (exact) mass is 597 g/mol. The number of hydrogen-bond donors (Lipinski definition) is 1. The van der Waals surface area contributed by atoms with E-state index in [0.717, 1.165) is 34.7 Å². The number of carbonyl (C=O) groups is 1. The van der Waals surface area contributed by atoms with Gasteiger partial charge in [0.05, 0.1) is 12.5 Å². The van der Waals surface area contributed by atoms with E-state index >= 15 is 0 Å². The molecule has 1 amide bonds. The summed E-state index contributed by atoms with van der Waals surface area (Å²) in [5.74, 6) is 0.473. The first-order valence-electron chi connectivity index (χ1n) is 14.0. The van der Waals surface area contributed by atoms with Crippen molar-refractivity contribution in [2.45, 2.75) is 39.7 Å². The fourth-order valence-electron chi connectivity index (χ4n) is 4.72. The minimum absolute atomic E-state index is 0.0431. The zero-order chi connectivity index (χ0) is 31.3. The molecular formula is C34H36FN5O2S. The van der Waals surface area contributed by atoms with E-state index in [4.69, 9.17) is 4.98 Å². The molecule has 1 fully saturated rings. The van der Waals surface area contributed by atoms with Crippen LogP contribution in [0.3, 0.4) is 0 Å². The molecule has 1 aromatic heterocycles. The van der Waals surface area contributed by atoms with E-state index < -0.39 is 6.10 Å². The number of thiazole rings is 1. The Balaban J connectivity index is 1.61. The van der Waals surface area contributed by atoms with Gasteiger partial charge in [-0.05, 0) is 72.9 Å². The van der Waals surface area contributed by atoms with Crippen molar-refractivity contribution >= 4 is 22.4 Å². The molecule has 7 nitrogen and oxygen atoms in total. The van der Waals surface area contributed by atoms with Gasteiger partial charge in [-0.3, -0.25) is 4.79 Å². The van der Waals surface area contributed by atoms with Crippen LogP contribution in [0.15, 0.2) is 108 Å². The Kier molecular flexibility index (Phi) is 9.96. The van der Waals surface area contributed by atoms with Crippen molar-refractivity contribution in [2.24, 2.45) is 0 Å². The van der Waals surface area contributed by atoms with Crippen LogP contribution < -0.4 is 4.90 Å². The molecule has 3 heterocycles. The topological polar surface area (TPSA) is 83.7 Å². The zero-order valence-electron chi connectivity index (χ0n) is 25.0. The number of nitrogens with zero attached hydrogens (tertiary/aromatic N) is 5. The molecule has 0 saturated carbocycles. The third kappa shape index (κ3) is 7.11. The normalized spacial score (nSPS) is 16.2. The van der Waals surface area contributed by atoms with Gasteiger partial charge in [0.15, 0.2) is 5.13 Å². The summed E-state index contributed by atoms with van der Waals surface area (Å²) in [6.45, 7) is 15.2. The second-order valence-electron chi connectivity index (χ2n) is 10.5. The lowest BCUT2D eigenvalue weighted by molar-refractivity contribution is -0.140. The van der Waals surface area contributed by atoms with Crippen LogP contribution in [-0.4, -0.2) is 52.0 Å². The summed E-state index contributed by atoms with van der Waals surface area (Å²) in [7, 11) is 1.91. The minimum atomic E-state index is -0.430. The molecule has 222 valence electrons. The number of aromatic nitrogens is 1. The van der Waals surface area contributed by atoms with Gasteiger partial charge in [-0.2, -0.15) is 5.26 Å². The van der Waals surface area contributed by atoms with Crippen LogP contribution in [0, 0.1) is 17.1 Å². The van der Waals surface area contributed by atoms with Gasteiger partial charge in [-0.25, -0.2) is 9.37 Å². The van der Waals surface area contributed by atoms with Crippen LogP contribution in [0.2, 0.25) is 0 Å². The summed E-state index contributed by atoms with van der Waals surface area (Å²) >= 11 is 1.28. The maximum atomic E-state index is 13.5. The van der Waals surface area contributed by atoms with Gasteiger partial charge in [0, 0.05) is 37.6 Å². The van der Waals surface area contributed by atoms with E-state index in [-0.39, 0.29) is 18.1 Å². The molecular weight excluding hydrogens is 561 g/mol. The summed E-state index contributed by atoms with van der Waals surface area (Å²) < 4.78 is 13.5. The second kappa shape index (κ2) is 13.6. The third-order valence-electron chi connectivity index (χ3n) is 7.35. The van der Waals surface area contributed by atoms with E-state index in [2.05, 4.69) is 33.1 Å². The number of aliphatic hydroxyl groups excluding tert-OH is 1. The number of amides is 1. The molecule has 0 bridgehead atoms. The van der Waals surface area contributed by atoms with E-state index in [1.807, 2.05) is 60.4 Å². The number of allylic oxidation sites excluding steroid dienone is 8. The molecule has 2 aliphatic rings. The molecule has 2 aliphatic heterocycles. The molecule has 43 heavy (non-hydrogen) atoms. The first-order chi connectivity index (χ1) is 20.6. The predicted molar refractivity (Wildman–Crippen MR) is 171 cm³/mol. The summed E-state index contributed by atoms with van der Waals surface area (Å²) in [5, 5.41) is 19.9. The summed E-state index contributed by atoms with van der Waals surface area (Å²) in [6, 6.07) is 8.22. The average Bonchev–Trinajstić information content (AvgIpc) is 3.42. The Morgan fingerprint density at radius 1 is 1.28 bits per heavy atom. The van der Waals surface area contributed by atoms with E-state index in [0.29, 0.717) is 39.9 Å². The highest BCUT2D eigenvalue weighted by molar-refractivity contribution is 7.16. The third-order valence-corrected chi connectivity index (χ3v) is 8.39. The quantitative estimate of drug-likeness (QED) is 0.303. The number of β-amino-alcohol motifs (C(OH)–C–C–N with tert-alkyl or cyclic N) is 1. The number of halogens is 1. The lowest BCUT2D eigenvalue weighted by atomic mass is 10.0. The molecule has 4 rings (SSSR count). The minimum Gasteiger partial charge on any atom is -0.389 e. The molecule has 0 unspecified atom stereocenters. The van der Waals surface area contributed by atoms with Gasteiger partial charge in [0.1, 0.15) is 28.3 Å². The highest BCUT2D eigenvalue weighted by atomic mass is 32.1. The average molecular weight is 598 g/mol. The largest absolute Gasteiger partial charge is 0.389 e. The van der Waals surface area contributed by atoms with Gasteiger partial charge in [-0.1, -0.05) is 55.7 Å². The fourth-order valence-corrected chi connectivity index (χ4v) is 5.57. The molecule has 0 aliphatic carbocycles. The number of carbonyl (C=O) groups excluding carboxylic acids is 1. The van der Waals surface area contributed by atoms with Crippen LogP contribution >= 0.6 is 11.3 Å². The molecule has 2 aromatic rings. The molecule has 1 N–H and O–H groups in total. The van der Waals surface area contributed by atoms with E-state index in [9.17, 15) is 19.6 Å². The van der Waals surface area contributed by atoms with E-state index in [1.165, 1.54) is 23.5 Å². The van der Waals surface area contributed by atoms with Crippen molar-refractivity contribution in [1.29, 1.82) is 5.26 Å². The molecule has 0 spiro atoms. The van der Waals surface area contributed by atoms with Crippen LogP contribution in [0.1, 0.15) is 38.5 Å². The second-order valence-corrected chi connectivity index (χ2v) is 11.4. The smallest absolute Gasteiger partial charge is 0.227 e. The van der Waals surface area contributed by atoms with Crippen molar-refractivity contribution in [3.63, 3.8) is 0 Å². The lowest BCUT2D eigenvalue weighted by Crippen LogP contribution is -2.53. The fraction of sp³-hybridized carbons (Fsp3) is 0.265. The first kappa shape index (κ1) is 31.4. The van der Waals surface area contributed by atoms with Gasteiger partial charge < -0.3 is 19.8 Å². The van der Waals surface area contributed by atoms with Crippen molar-refractivity contribution in [3.05, 3.63) is 119 Å². The maximum Gasteiger partial charge on any atom is 0.227 e. The van der Waals surface area contributed by atoms with Gasteiger partial charge >= 0.3 is 0 Å². The molecule has 0 radical (unpaired) electrons. The zero-order valence-corrected chi connectivity index (χ0v) is 25.8.